The molecule has 0 aliphatic carbocycles. The number of aromatic nitrogens is 2. The van der Waals surface area contributed by atoms with Gasteiger partial charge in [0.15, 0.2) is 5.60 Å². The van der Waals surface area contributed by atoms with Crippen LogP contribution in [0.1, 0.15) is 42.0 Å². The average molecular weight is 488 g/mol. The minimum atomic E-state index is -1.81. The number of hydrogen-bond acceptors (Lipinski definition) is 5. The second kappa shape index (κ2) is 8.75. The van der Waals surface area contributed by atoms with Crippen LogP contribution in [0.5, 0.6) is 0 Å². The molecule has 0 saturated carbocycles. The summed E-state index contributed by atoms with van der Waals surface area (Å²) in [7, 11) is 0.904. The fourth-order valence-corrected chi connectivity index (χ4v) is 8.13. The van der Waals surface area contributed by atoms with E-state index < -0.39 is 19.6 Å². The number of fused-ring (bicyclic) bond motifs is 5. The molecule has 1 aromatic carbocycles. The molecule has 4 heterocycles. The Hall–Kier alpha value is -2.71. The van der Waals surface area contributed by atoms with Crippen LogP contribution in [0.15, 0.2) is 35.1 Å². The van der Waals surface area contributed by atoms with Crippen LogP contribution in [0.4, 0.5) is 0 Å². The van der Waals surface area contributed by atoms with E-state index in [1.807, 2.05) is 12.1 Å². The Labute approximate surface area is 207 Å². The quantitative estimate of drug-likeness (QED) is 0.316. The summed E-state index contributed by atoms with van der Waals surface area (Å²) in [5, 5.41) is 12.3. The van der Waals surface area contributed by atoms with Gasteiger partial charge in [0, 0.05) is 24.6 Å². The van der Waals surface area contributed by atoms with E-state index in [0.29, 0.717) is 23.4 Å². The van der Waals surface area contributed by atoms with E-state index in [2.05, 4.69) is 33.1 Å². The first-order chi connectivity index (χ1) is 16.7. The Balaban J connectivity index is 1.66. The number of hydrogen-bond donors (Lipinski definition) is 1. The van der Waals surface area contributed by atoms with Gasteiger partial charge in [-0.2, -0.15) is 0 Å². The number of aryl methyl sites for hydroxylation is 1. The van der Waals surface area contributed by atoms with E-state index in [9.17, 15) is 14.7 Å². The molecule has 0 radical (unpaired) electrons. The van der Waals surface area contributed by atoms with Gasteiger partial charge in [0.25, 0.3) is 5.56 Å². The fraction of sp³-hybridized carbons (Fsp3) is 0.444. The summed E-state index contributed by atoms with van der Waals surface area (Å²) in [5.41, 5.74) is 3.48. The van der Waals surface area contributed by atoms with Gasteiger partial charge in [-0.05, 0) is 30.5 Å². The van der Waals surface area contributed by atoms with Crippen LogP contribution < -0.4 is 5.56 Å². The van der Waals surface area contributed by atoms with E-state index in [1.54, 1.807) is 17.6 Å². The maximum Gasteiger partial charge on any atom is 0.343 e. The van der Waals surface area contributed by atoms with Gasteiger partial charge in [0.05, 0.1) is 29.0 Å². The number of nitrogens with zero attached hydrogens (tertiary/aromatic N) is 2. The van der Waals surface area contributed by atoms with Gasteiger partial charge in [0.2, 0.25) is 0 Å². The summed E-state index contributed by atoms with van der Waals surface area (Å²) in [4.78, 5) is 31.0. The molecular formula is C27H33BN2O4Si. The van der Waals surface area contributed by atoms with Crippen molar-refractivity contribution < 1.29 is 14.6 Å². The summed E-state index contributed by atoms with van der Waals surface area (Å²) in [6.45, 7) is 7.03. The predicted molar refractivity (Wildman–Crippen MR) is 143 cm³/mol. The molecule has 0 amide bonds. The van der Waals surface area contributed by atoms with Crippen molar-refractivity contribution in [3.8, 4) is 11.4 Å². The van der Waals surface area contributed by atoms with E-state index in [4.69, 9.17) is 9.72 Å². The molecule has 2 aromatic heterocycles. The second-order valence-corrected chi connectivity index (χ2v) is 16.1. The number of pyridine rings is 2. The van der Waals surface area contributed by atoms with Crippen molar-refractivity contribution in [1.29, 1.82) is 0 Å². The standard InChI is InChI=1S/C27H33BN2O4Si/c1-4-27(33)21-14-23-24-19(15-30(23)25(31)20(21)16-34-26(27)32)17(10-13-35(2,3)12-7-11-28)18-8-5-6-9-22(18)29-24/h5-6,8-9,14,33H,4,7,10-13,15-16,28H2,1-3H3/t27-/m0/s1. The van der Waals surface area contributed by atoms with E-state index in [-0.39, 0.29) is 18.6 Å². The van der Waals surface area contributed by atoms with Crippen molar-refractivity contribution in [3.05, 3.63) is 62.9 Å². The molecule has 0 bridgehead atoms. The smallest absolute Gasteiger partial charge is 0.343 e. The Kier molecular flexibility index (Phi) is 6.00. The zero-order valence-corrected chi connectivity index (χ0v) is 22.1. The molecule has 2 aliphatic heterocycles. The second-order valence-electron chi connectivity index (χ2n) is 10.8. The Morgan fingerprint density at radius 2 is 1.97 bits per heavy atom. The fourth-order valence-electron chi connectivity index (χ4n) is 5.64. The molecular weight excluding hydrogens is 455 g/mol. The van der Waals surface area contributed by atoms with Gasteiger partial charge in [-0.25, -0.2) is 9.78 Å². The largest absolute Gasteiger partial charge is 0.458 e. The lowest BCUT2D eigenvalue weighted by atomic mass is 9.86. The summed E-state index contributed by atoms with van der Waals surface area (Å²) in [5.74, 6) is -0.693. The number of benzene rings is 1. The molecule has 6 nitrogen and oxygen atoms in total. The highest BCUT2D eigenvalue weighted by Crippen LogP contribution is 2.40. The molecule has 1 atom stereocenters. The first kappa shape index (κ1) is 24.0. The lowest BCUT2D eigenvalue weighted by Crippen LogP contribution is -2.44. The monoisotopic (exact) mass is 488 g/mol. The maximum absolute atomic E-state index is 13.6. The molecule has 8 heteroatoms. The average Bonchev–Trinajstić information content (AvgIpc) is 3.22. The maximum atomic E-state index is 13.6. The van der Waals surface area contributed by atoms with Crippen LogP contribution in [0, 0.1) is 0 Å². The predicted octanol–water partition coefficient (Wildman–Crippen LogP) is 3.77. The van der Waals surface area contributed by atoms with Gasteiger partial charge in [-0.1, -0.05) is 63.0 Å². The summed E-state index contributed by atoms with van der Waals surface area (Å²) >= 11 is 0. The number of carbonyl (C=O) groups excluding carboxylic acids is 1. The first-order valence-corrected chi connectivity index (χ1v) is 16.2. The molecule has 0 saturated heterocycles. The van der Waals surface area contributed by atoms with Crippen LogP contribution in [-0.2, 0) is 34.7 Å². The zero-order chi connectivity index (χ0) is 25.0. The first-order valence-electron chi connectivity index (χ1n) is 12.8. The van der Waals surface area contributed by atoms with Crippen molar-refractivity contribution in [1.82, 2.24) is 9.55 Å². The lowest BCUT2D eigenvalue weighted by molar-refractivity contribution is -0.172. The lowest BCUT2D eigenvalue weighted by Gasteiger charge is -2.31. The van der Waals surface area contributed by atoms with E-state index in [0.717, 1.165) is 28.6 Å². The third kappa shape index (κ3) is 3.87. The highest BCUT2D eigenvalue weighted by Gasteiger charge is 2.45. The number of para-hydroxylation sites is 1. The van der Waals surface area contributed by atoms with Crippen molar-refractivity contribution in [2.24, 2.45) is 0 Å². The normalized spacial score (nSPS) is 18.8. The third-order valence-corrected chi connectivity index (χ3v) is 11.3. The molecule has 3 aromatic rings. The Morgan fingerprint density at radius 3 is 2.71 bits per heavy atom. The third-order valence-electron chi connectivity index (χ3n) is 7.97. The number of carbonyl (C=O) groups is 1. The molecule has 0 unspecified atom stereocenters. The molecule has 35 heavy (non-hydrogen) atoms. The highest BCUT2D eigenvalue weighted by atomic mass is 28.3. The van der Waals surface area contributed by atoms with Crippen LogP contribution >= 0.6 is 0 Å². The van der Waals surface area contributed by atoms with Crippen molar-refractivity contribution >= 4 is 32.8 Å². The topological polar surface area (TPSA) is 81.4 Å². The Morgan fingerprint density at radius 1 is 1.20 bits per heavy atom. The van der Waals surface area contributed by atoms with Crippen LogP contribution in [0.3, 0.4) is 0 Å². The molecule has 0 fully saturated rings. The van der Waals surface area contributed by atoms with Gasteiger partial charge in [0.1, 0.15) is 14.5 Å². The molecule has 182 valence electrons. The number of cyclic esters (lactones) is 1. The van der Waals surface area contributed by atoms with Crippen molar-refractivity contribution in [3.63, 3.8) is 0 Å². The minimum absolute atomic E-state index is 0.106. The molecule has 5 rings (SSSR count). The summed E-state index contributed by atoms with van der Waals surface area (Å²) < 4.78 is 6.95. The van der Waals surface area contributed by atoms with Gasteiger partial charge in [-0.15, -0.1) is 0 Å². The molecule has 1 N–H and O–H groups in total. The summed E-state index contributed by atoms with van der Waals surface area (Å²) in [6, 6.07) is 12.5. The van der Waals surface area contributed by atoms with Crippen LogP contribution in [-0.4, -0.2) is 36.5 Å². The van der Waals surface area contributed by atoms with Crippen molar-refractivity contribution in [2.45, 2.75) is 76.4 Å². The Bertz CT molecular complexity index is 1400. The van der Waals surface area contributed by atoms with Gasteiger partial charge >= 0.3 is 5.97 Å². The van der Waals surface area contributed by atoms with Gasteiger partial charge < -0.3 is 14.4 Å². The highest BCUT2D eigenvalue weighted by molar-refractivity contribution is 6.77. The molecule has 2 aliphatic rings. The van der Waals surface area contributed by atoms with Crippen molar-refractivity contribution in [2.75, 3.05) is 0 Å². The summed E-state index contributed by atoms with van der Waals surface area (Å²) in [6.07, 6.45) is 3.62. The molecule has 0 spiro atoms. The minimum Gasteiger partial charge on any atom is -0.458 e. The number of esters is 1. The zero-order valence-electron chi connectivity index (χ0n) is 21.1. The number of rotatable bonds is 7. The SMILES string of the molecule is BCCC[Si](C)(C)CCc1c2c(nc3ccccc13)-c1cc3c(c(=O)n1C2)COC(=O)[C@]3(O)CC. The van der Waals surface area contributed by atoms with E-state index >= 15 is 0 Å². The number of ether oxygens (including phenoxy) is 1. The van der Waals surface area contributed by atoms with Crippen LogP contribution in [0.2, 0.25) is 31.5 Å². The van der Waals surface area contributed by atoms with Gasteiger partial charge in [-0.3, -0.25) is 4.79 Å². The van der Waals surface area contributed by atoms with Crippen LogP contribution in [0.25, 0.3) is 22.3 Å². The number of aliphatic hydroxyl groups is 1. The van der Waals surface area contributed by atoms with E-state index in [1.165, 1.54) is 30.4 Å².